The van der Waals surface area contributed by atoms with Gasteiger partial charge in [-0.3, -0.25) is 4.79 Å². The van der Waals surface area contributed by atoms with Crippen LogP contribution >= 0.6 is 23.2 Å². The molecule has 0 spiro atoms. The van der Waals surface area contributed by atoms with Crippen molar-refractivity contribution in [2.24, 2.45) is 0 Å². The second kappa shape index (κ2) is 11.1. The molecule has 0 fully saturated rings. The Labute approximate surface area is 185 Å². The van der Waals surface area contributed by atoms with Gasteiger partial charge in [0.2, 0.25) is 0 Å². The number of halogens is 2. The fourth-order valence-electron chi connectivity index (χ4n) is 2.69. The molecule has 2 aromatic rings. The molecule has 1 atom stereocenters. The minimum Gasteiger partial charge on any atom is -0.480 e. The third-order valence-corrected chi connectivity index (χ3v) is 5.91. The first-order valence-corrected chi connectivity index (χ1v) is 11.4. The summed E-state index contributed by atoms with van der Waals surface area (Å²) in [6, 6.07) is 9.97. The smallest absolute Gasteiger partial charge is 0.322 e. The van der Waals surface area contributed by atoms with Crippen molar-refractivity contribution in [2.45, 2.75) is 17.5 Å². The van der Waals surface area contributed by atoms with Crippen LogP contribution in [0.15, 0.2) is 47.6 Å². The molecule has 160 valence electrons. The Hall–Kier alpha value is -2.38. The number of aromatic nitrogens is 1. The van der Waals surface area contributed by atoms with E-state index < -0.39 is 22.0 Å². The first-order valence-electron chi connectivity index (χ1n) is 8.88. The molecule has 0 unspecified atom stereocenters. The van der Waals surface area contributed by atoms with Gasteiger partial charge in [0.15, 0.2) is 5.03 Å². The summed E-state index contributed by atoms with van der Waals surface area (Å²) >= 11 is 11.6. The Morgan fingerprint density at radius 2 is 1.80 bits per heavy atom. The van der Waals surface area contributed by atoms with Crippen LogP contribution < -0.4 is 9.62 Å². The first-order chi connectivity index (χ1) is 14.3. The van der Waals surface area contributed by atoms with Crippen LogP contribution in [0.4, 0.5) is 5.69 Å². The number of benzene rings is 1. The van der Waals surface area contributed by atoms with E-state index in [1.165, 1.54) is 6.07 Å². The van der Waals surface area contributed by atoms with Crippen molar-refractivity contribution in [2.75, 3.05) is 29.7 Å². The van der Waals surface area contributed by atoms with Gasteiger partial charge in [0, 0.05) is 36.7 Å². The molecule has 11 heteroatoms. The normalized spacial score (nSPS) is 12.2. The average molecular weight is 471 g/mol. The lowest BCUT2D eigenvalue weighted by Crippen LogP contribution is -2.42. The summed E-state index contributed by atoms with van der Waals surface area (Å²) < 4.78 is 27.1. The largest absolute Gasteiger partial charge is 0.480 e. The number of hydrogen-bond donors (Lipinski definition) is 2. The summed E-state index contributed by atoms with van der Waals surface area (Å²) in [6.45, 7) is 1.23. The highest BCUT2D eigenvalue weighted by molar-refractivity contribution is 7.89. The number of hydrogen-bond acceptors (Lipinski definition) is 6. The fourth-order valence-corrected chi connectivity index (χ4v) is 4.21. The molecule has 0 aliphatic heterocycles. The molecule has 1 aromatic carbocycles. The number of aliphatic carboxylic acids is 1. The van der Waals surface area contributed by atoms with Crippen molar-refractivity contribution < 1.29 is 18.3 Å². The fraction of sp³-hybridized carbons (Fsp3) is 0.316. The summed E-state index contributed by atoms with van der Waals surface area (Å²) in [5.41, 5.74) is 1.72. The number of nitrogens with zero attached hydrogens (tertiary/aromatic N) is 3. The van der Waals surface area contributed by atoms with Gasteiger partial charge < -0.3 is 10.0 Å². The van der Waals surface area contributed by atoms with Crippen LogP contribution in [0.3, 0.4) is 0 Å². The number of alkyl halides is 2. The molecule has 0 saturated heterocycles. The zero-order valence-electron chi connectivity index (χ0n) is 15.8. The van der Waals surface area contributed by atoms with Crippen LogP contribution in [0.25, 0.3) is 0 Å². The number of nitrogens with one attached hydrogen (secondary N) is 1. The Bertz CT molecular complexity index is 987. The van der Waals surface area contributed by atoms with Crippen molar-refractivity contribution in [1.82, 2.24) is 9.71 Å². The van der Waals surface area contributed by atoms with Gasteiger partial charge in [0.1, 0.15) is 12.1 Å². The molecular formula is C19H20Cl2N4O4S. The van der Waals surface area contributed by atoms with E-state index in [4.69, 9.17) is 28.5 Å². The summed E-state index contributed by atoms with van der Waals surface area (Å²) in [6.07, 6.45) is 1.05. The Morgan fingerprint density at radius 3 is 2.27 bits per heavy atom. The number of anilines is 1. The number of carboxylic acid groups (broad SMARTS) is 1. The minimum absolute atomic E-state index is 0.0594. The molecule has 0 aliphatic rings. The highest BCUT2D eigenvalue weighted by Gasteiger charge is 2.26. The van der Waals surface area contributed by atoms with E-state index in [2.05, 4.69) is 9.71 Å². The van der Waals surface area contributed by atoms with Crippen molar-refractivity contribution in [3.05, 3.63) is 53.7 Å². The van der Waals surface area contributed by atoms with Crippen molar-refractivity contribution in [1.29, 1.82) is 5.26 Å². The first kappa shape index (κ1) is 23.9. The van der Waals surface area contributed by atoms with Gasteiger partial charge in [-0.05, 0) is 36.2 Å². The average Bonchev–Trinajstić information content (AvgIpc) is 2.73. The van der Waals surface area contributed by atoms with Crippen molar-refractivity contribution in [3.63, 3.8) is 0 Å². The topological polar surface area (TPSA) is 123 Å². The third kappa shape index (κ3) is 6.57. The standard InChI is InChI=1S/C19H20Cl2N4O4S/c20-7-9-25(10-8-21)16-4-1-14(2-5-16)11-17(19(26)27)24-30(28,29)18-6-3-15(12-22)13-23-18/h1-6,13,17,24H,7-11H2,(H,26,27)/t17-/m0/s1. The quantitative estimate of drug-likeness (QED) is 0.482. The molecule has 30 heavy (non-hydrogen) atoms. The molecule has 1 heterocycles. The summed E-state index contributed by atoms with van der Waals surface area (Å²) in [5, 5.41) is 17.9. The van der Waals surface area contributed by atoms with Crippen LogP contribution in [0.1, 0.15) is 11.1 Å². The number of carboxylic acids is 1. The summed E-state index contributed by atoms with van der Waals surface area (Å²) in [4.78, 5) is 17.3. The molecule has 0 amide bonds. The summed E-state index contributed by atoms with van der Waals surface area (Å²) in [7, 11) is -4.17. The Morgan fingerprint density at radius 1 is 1.17 bits per heavy atom. The summed E-state index contributed by atoms with van der Waals surface area (Å²) in [5.74, 6) is -0.447. The predicted octanol–water partition coefficient (Wildman–Crippen LogP) is 2.21. The highest BCUT2D eigenvalue weighted by atomic mass is 35.5. The van der Waals surface area contributed by atoms with E-state index in [0.717, 1.165) is 18.0 Å². The second-order valence-electron chi connectivity index (χ2n) is 6.24. The van der Waals surface area contributed by atoms with E-state index >= 15 is 0 Å². The zero-order chi connectivity index (χ0) is 22.1. The van der Waals surface area contributed by atoms with E-state index in [9.17, 15) is 18.3 Å². The molecule has 8 nitrogen and oxygen atoms in total. The lowest BCUT2D eigenvalue weighted by molar-refractivity contribution is -0.138. The van der Waals surface area contributed by atoms with Gasteiger partial charge in [-0.15, -0.1) is 23.2 Å². The van der Waals surface area contributed by atoms with E-state index in [1.807, 2.05) is 23.1 Å². The Balaban J connectivity index is 2.15. The highest BCUT2D eigenvalue weighted by Crippen LogP contribution is 2.17. The maximum Gasteiger partial charge on any atom is 0.322 e. The zero-order valence-corrected chi connectivity index (χ0v) is 18.2. The van der Waals surface area contributed by atoms with Crippen molar-refractivity contribution >= 4 is 44.9 Å². The number of sulfonamides is 1. The molecular weight excluding hydrogens is 451 g/mol. The predicted molar refractivity (Wildman–Crippen MR) is 114 cm³/mol. The lowest BCUT2D eigenvalue weighted by Gasteiger charge is -2.23. The van der Waals surface area contributed by atoms with Crippen LogP contribution in [-0.2, 0) is 21.2 Å². The van der Waals surface area contributed by atoms with Gasteiger partial charge >= 0.3 is 5.97 Å². The van der Waals surface area contributed by atoms with Crippen LogP contribution in [0.5, 0.6) is 0 Å². The maximum absolute atomic E-state index is 12.5. The van der Waals surface area contributed by atoms with Gasteiger partial charge in [0.25, 0.3) is 10.0 Å². The number of carbonyl (C=O) groups is 1. The van der Waals surface area contributed by atoms with Gasteiger partial charge in [-0.2, -0.15) is 9.98 Å². The minimum atomic E-state index is -4.17. The van der Waals surface area contributed by atoms with Gasteiger partial charge in [-0.1, -0.05) is 12.1 Å². The maximum atomic E-state index is 12.5. The number of rotatable bonds is 11. The van der Waals surface area contributed by atoms with E-state index in [0.29, 0.717) is 30.4 Å². The molecule has 2 rings (SSSR count). The number of pyridine rings is 1. The molecule has 0 saturated carbocycles. The van der Waals surface area contributed by atoms with Crippen LogP contribution in [0, 0.1) is 11.3 Å². The Kier molecular flexibility index (Phi) is 8.87. The lowest BCUT2D eigenvalue weighted by atomic mass is 10.1. The van der Waals surface area contributed by atoms with E-state index in [-0.39, 0.29) is 17.0 Å². The van der Waals surface area contributed by atoms with Crippen molar-refractivity contribution in [3.8, 4) is 6.07 Å². The molecule has 0 bridgehead atoms. The molecule has 2 N–H and O–H groups in total. The molecule has 0 radical (unpaired) electrons. The van der Waals surface area contributed by atoms with Crippen LogP contribution in [-0.4, -0.2) is 55.4 Å². The van der Waals surface area contributed by atoms with Gasteiger partial charge in [0.05, 0.1) is 5.56 Å². The number of nitriles is 1. The van der Waals surface area contributed by atoms with Crippen LogP contribution in [0.2, 0.25) is 0 Å². The molecule has 1 aromatic heterocycles. The second-order valence-corrected chi connectivity index (χ2v) is 8.66. The SMILES string of the molecule is N#Cc1ccc(S(=O)(=O)N[C@@H](Cc2ccc(N(CCCl)CCCl)cc2)C(=O)O)nc1. The monoisotopic (exact) mass is 470 g/mol. The third-order valence-electron chi connectivity index (χ3n) is 4.19. The molecule has 0 aliphatic carbocycles. The van der Waals surface area contributed by atoms with Gasteiger partial charge in [-0.25, -0.2) is 13.4 Å². The van der Waals surface area contributed by atoms with E-state index in [1.54, 1.807) is 12.1 Å².